The normalized spacial score (nSPS) is 10.3. The maximum Gasteiger partial charge on any atom is 0.345 e. The number of hydrogen-bond donors (Lipinski definition) is 1. The number of esters is 1. The third kappa shape index (κ3) is 7.49. The fraction of sp³-hybridized carbons (Fsp3) is 0.333. The Kier molecular flexibility index (Phi) is 9.63. The lowest BCUT2D eigenvalue weighted by Gasteiger charge is -2.12. The Morgan fingerprint density at radius 1 is 1.16 bits per heavy atom. The largest absolute Gasteiger partial charge is 0.493 e. The second kappa shape index (κ2) is 12.4. The van der Waals surface area contributed by atoms with E-state index in [2.05, 4.69) is 5.32 Å². The molecule has 31 heavy (non-hydrogen) atoms. The van der Waals surface area contributed by atoms with Gasteiger partial charge in [0.2, 0.25) is 0 Å². The average Bonchev–Trinajstić information content (AvgIpc) is 2.77. The van der Waals surface area contributed by atoms with Crippen LogP contribution in [-0.2, 0) is 9.53 Å². The van der Waals surface area contributed by atoms with Gasteiger partial charge in [0.15, 0.2) is 18.1 Å². The van der Waals surface area contributed by atoms with Crippen LogP contribution in [0.3, 0.4) is 0 Å². The Morgan fingerprint density at radius 2 is 1.90 bits per heavy atom. The van der Waals surface area contributed by atoms with Crippen molar-refractivity contribution in [3.63, 3.8) is 0 Å². The summed E-state index contributed by atoms with van der Waals surface area (Å²) in [6.45, 7) is 1.88. The van der Waals surface area contributed by atoms with Gasteiger partial charge < -0.3 is 19.5 Å². The van der Waals surface area contributed by atoms with Crippen molar-refractivity contribution in [2.24, 2.45) is 0 Å². The van der Waals surface area contributed by atoms with Crippen molar-refractivity contribution in [1.29, 1.82) is 0 Å². The fourth-order valence-corrected chi connectivity index (χ4v) is 3.43. The van der Waals surface area contributed by atoms with Crippen molar-refractivity contribution in [3.8, 4) is 11.5 Å². The monoisotopic (exact) mass is 448 g/mol. The van der Waals surface area contributed by atoms with Gasteiger partial charge in [0, 0.05) is 17.5 Å². The van der Waals surface area contributed by atoms with Crippen molar-refractivity contribution in [2.45, 2.75) is 18.2 Å². The van der Waals surface area contributed by atoms with E-state index in [0.29, 0.717) is 6.54 Å². The van der Waals surface area contributed by atoms with Crippen LogP contribution >= 0.6 is 11.8 Å². The minimum atomic E-state index is -0.995. The van der Waals surface area contributed by atoms with E-state index in [1.807, 2.05) is 30.3 Å². The minimum Gasteiger partial charge on any atom is -0.493 e. The zero-order valence-corrected chi connectivity index (χ0v) is 18.1. The highest BCUT2D eigenvalue weighted by molar-refractivity contribution is 7.99. The summed E-state index contributed by atoms with van der Waals surface area (Å²) in [5.74, 6) is -0.369. The van der Waals surface area contributed by atoms with E-state index in [9.17, 15) is 19.7 Å². The summed E-state index contributed by atoms with van der Waals surface area (Å²) in [5.41, 5.74) is -0.815. The number of nitrogens with zero attached hydrogens (tertiary/aromatic N) is 1. The summed E-state index contributed by atoms with van der Waals surface area (Å²) >= 11 is 1.68. The van der Waals surface area contributed by atoms with E-state index in [-0.39, 0.29) is 23.7 Å². The molecule has 0 fully saturated rings. The minimum absolute atomic E-state index is 0.121. The van der Waals surface area contributed by atoms with Gasteiger partial charge in [0.05, 0.1) is 24.7 Å². The number of hydrogen-bond acceptors (Lipinski definition) is 8. The van der Waals surface area contributed by atoms with Gasteiger partial charge in [-0.2, -0.15) is 0 Å². The highest BCUT2D eigenvalue weighted by atomic mass is 32.2. The highest BCUT2D eigenvalue weighted by Gasteiger charge is 2.26. The molecule has 0 aliphatic rings. The summed E-state index contributed by atoms with van der Waals surface area (Å²) in [6.07, 6.45) is 0.737. The number of amides is 1. The van der Waals surface area contributed by atoms with Crippen LogP contribution in [0.4, 0.5) is 5.69 Å². The van der Waals surface area contributed by atoms with E-state index in [4.69, 9.17) is 14.2 Å². The zero-order valence-electron chi connectivity index (χ0n) is 17.3. The van der Waals surface area contributed by atoms with Gasteiger partial charge in [-0.1, -0.05) is 18.2 Å². The summed E-state index contributed by atoms with van der Waals surface area (Å²) < 4.78 is 15.4. The molecule has 9 nitrogen and oxygen atoms in total. The Hall–Kier alpha value is -3.27. The quantitative estimate of drug-likeness (QED) is 0.172. The number of carbonyl (C=O) groups is 2. The number of nitrogens with one attached hydrogen (secondary N) is 1. The molecule has 0 saturated heterocycles. The van der Waals surface area contributed by atoms with Crippen LogP contribution in [0.5, 0.6) is 11.5 Å². The smallest absolute Gasteiger partial charge is 0.345 e. The first kappa shape index (κ1) is 24.0. The van der Waals surface area contributed by atoms with Crippen molar-refractivity contribution in [2.75, 3.05) is 32.6 Å². The molecule has 0 aliphatic carbocycles. The molecule has 166 valence electrons. The average molecular weight is 448 g/mol. The van der Waals surface area contributed by atoms with Crippen molar-refractivity contribution in [1.82, 2.24) is 5.32 Å². The van der Waals surface area contributed by atoms with Crippen LogP contribution in [0, 0.1) is 10.1 Å². The maximum absolute atomic E-state index is 12.4. The molecule has 2 aromatic carbocycles. The molecule has 0 bridgehead atoms. The first-order chi connectivity index (χ1) is 15.0. The number of ether oxygens (including phenoxy) is 3. The van der Waals surface area contributed by atoms with Gasteiger partial charge in [-0.15, -0.1) is 11.8 Å². The van der Waals surface area contributed by atoms with Crippen LogP contribution < -0.4 is 14.8 Å². The van der Waals surface area contributed by atoms with Gasteiger partial charge in [0.25, 0.3) is 11.6 Å². The molecule has 0 unspecified atom stereocenters. The van der Waals surface area contributed by atoms with Gasteiger partial charge in [-0.25, -0.2) is 4.79 Å². The number of benzene rings is 2. The Bertz CT molecular complexity index is 906. The van der Waals surface area contributed by atoms with E-state index >= 15 is 0 Å². The van der Waals surface area contributed by atoms with Gasteiger partial charge in [-0.05, 0) is 31.2 Å². The van der Waals surface area contributed by atoms with Gasteiger partial charge >= 0.3 is 5.97 Å². The summed E-state index contributed by atoms with van der Waals surface area (Å²) in [6, 6.07) is 12.2. The third-order valence-electron chi connectivity index (χ3n) is 3.99. The van der Waals surface area contributed by atoms with Gasteiger partial charge in [-0.3, -0.25) is 14.9 Å². The maximum atomic E-state index is 12.4. The lowest BCUT2D eigenvalue weighted by molar-refractivity contribution is -0.385. The molecule has 2 aromatic rings. The van der Waals surface area contributed by atoms with Gasteiger partial charge in [0.1, 0.15) is 5.56 Å². The van der Waals surface area contributed by atoms with Crippen molar-refractivity contribution >= 4 is 29.3 Å². The summed E-state index contributed by atoms with van der Waals surface area (Å²) in [4.78, 5) is 36.0. The van der Waals surface area contributed by atoms with E-state index in [1.165, 1.54) is 13.2 Å². The molecule has 0 saturated carbocycles. The van der Waals surface area contributed by atoms with Crippen LogP contribution in [0.1, 0.15) is 23.7 Å². The number of carbonyl (C=O) groups excluding carboxylic acids is 2. The number of methoxy groups -OCH3 is 1. The first-order valence-electron chi connectivity index (χ1n) is 9.57. The van der Waals surface area contributed by atoms with Crippen molar-refractivity contribution in [3.05, 3.63) is 58.1 Å². The molecule has 0 spiro atoms. The third-order valence-corrected chi connectivity index (χ3v) is 5.09. The fourth-order valence-electron chi connectivity index (χ4n) is 2.56. The number of rotatable bonds is 12. The van der Waals surface area contributed by atoms with Crippen LogP contribution in [0.25, 0.3) is 0 Å². The van der Waals surface area contributed by atoms with Crippen LogP contribution in [0.2, 0.25) is 0 Å². The molecule has 1 N–H and O–H groups in total. The molecule has 0 aromatic heterocycles. The SMILES string of the molecule is CCOc1cc(C(=O)OCC(=O)NCCCSc2ccccc2)c([N+](=O)[O-])cc1OC. The lowest BCUT2D eigenvalue weighted by Crippen LogP contribution is -2.30. The van der Waals surface area contributed by atoms with E-state index in [0.717, 1.165) is 23.1 Å². The molecule has 0 atom stereocenters. The second-order valence-electron chi connectivity index (χ2n) is 6.15. The zero-order chi connectivity index (χ0) is 22.6. The summed E-state index contributed by atoms with van der Waals surface area (Å²) in [5, 5.41) is 14.0. The number of nitro benzene ring substituents is 1. The first-order valence-corrected chi connectivity index (χ1v) is 10.6. The number of thioether (sulfide) groups is 1. The van der Waals surface area contributed by atoms with E-state index < -0.39 is 29.1 Å². The molecule has 1 amide bonds. The molecule has 0 aliphatic heterocycles. The molecule has 2 rings (SSSR count). The Morgan fingerprint density at radius 3 is 2.55 bits per heavy atom. The summed E-state index contributed by atoms with van der Waals surface area (Å²) in [7, 11) is 1.34. The predicted molar refractivity (Wildman–Crippen MR) is 116 cm³/mol. The van der Waals surface area contributed by atoms with Crippen LogP contribution in [0.15, 0.2) is 47.4 Å². The number of nitro groups is 1. The molecular weight excluding hydrogens is 424 g/mol. The molecule has 10 heteroatoms. The Labute approximate surface area is 184 Å². The highest BCUT2D eigenvalue weighted by Crippen LogP contribution is 2.35. The Balaban J connectivity index is 1.85. The van der Waals surface area contributed by atoms with Crippen molar-refractivity contribution < 1.29 is 28.7 Å². The molecule has 0 radical (unpaired) electrons. The van der Waals surface area contributed by atoms with E-state index in [1.54, 1.807) is 18.7 Å². The topological polar surface area (TPSA) is 117 Å². The molecule has 0 heterocycles. The molecular formula is C21H24N2O7S. The van der Waals surface area contributed by atoms with Crippen LogP contribution in [-0.4, -0.2) is 49.4 Å². The predicted octanol–water partition coefficient (Wildman–Crippen LogP) is 3.46. The standard InChI is InChI=1S/C21H24N2O7S/c1-3-29-19-12-16(17(23(26)27)13-18(19)28-2)21(25)30-14-20(24)22-10-7-11-31-15-8-5-4-6-9-15/h4-6,8-9,12-13H,3,7,10-11,14H2,1-2H3,(H,22,24). The lowest BCUT2D eigenvalue weighted by atomic mass is 10.1. The second-order valence-corrected chi connectivity index (χ2v) is 7.32.